The van der Waals surface area contributed by atoms with Crippen LogP contribution in [0.2, 0.25) is 0 Å². The molecule has 2 saturated heterocycles. The molecule has 1 aromatic rings. The van der Waals surface area contributed by atoms with E-state index < -0.39 is 12.0 Å². The van der Waals surface area contributed by atoms with Crippen LogP contribution in [0.4, 0.5) is 5.95 Å². The summed E-state index contributed by atoms with van der Waals surface area (Å²) in [4.78, 5) is 36.3. The molecule has 1 atom stereocenters. The highest BCUT2D eigenvalue weighted by Crippen LogP contribution is 2.41. The molecule has 0 aliphatic carbocycles. The molecule has 0 bridgehead atoms. The van der Waals surface area contributed by atoms with Gasteiger partial charge in [-0.15, -0.1) is 0 Å². The average molecular weight is 346 g/mol. The normalized spacial score (nSPS) is 21.5. The van der Waals surface area contributed by atoms with Crippen molar-refractivity contribution in [1.29, 1.82) is 0 Å². The number of carboxylic acids is 1. The molecule has 25 heavy (non-hydrogen) atoms. The molecule has 7 nitrogen and oxygen atoms in total. The molecule has 136 valence electrons. The number of hydrogen-bond donors (Lipinski definition) is 1. The summed E-state index contributed by atoms with van der Waals surface area (Å²) in [5, 5.41) is 9.26. The van der Waals surface area contributed by atoms with E-state index in [1.807, 2.05) is 19.9 Å². The first-order chi connectivity index (χ1) is 11.8. The van der Waals surface area contributed by atoms with E-state index in [2.05, 4.69) is 14.9 Å². The van der Waals surface area contributed by atoms with Crippen molar-refractivity contribution in [3.05, 3.63) is 17.5 Å². The van der Waals surface area contributed by atoms with E-state index in [0.29, 0.717) is 13.0 Å². The van der Waals surface area contributed by atoms with Crippen molar-refractivity contribution in [3.63, 3.8) is 0 Å². The number of piperidine rings is 2. The highest BCUT2D eigenvalue weighted by Gasteiger charge is 2.43. The van der Waals surface area contributed by atoms with Crippen molar-refractivity contribution in [3.8, 4) is 0 Å². The predicted octanol–water partition coefficient (Wildman–Crippen LogP) is 1.78. The summed E-state index contributed by atoms with van der Waals surface area (Å²) in [5.41, 5.74) is 1.95. The van der Waals surface area contributed by atoms with Crippen molar-refractivity contribution >= 4 is 17.8 Å². The number of carboxylic acid groups (broad SMARTS) is 1. The summed E-state index contributed by atoms with van der Waals surface area (Å²) in [6, 6.07) is 1.21. The lowest BCUT2D eigenvalue weighted by Gasteiger charge is -2.48. The molecule has 3 rings (SSSR count). The Morgan fingerprint density at radius 2 is 1.80 bits per heavy atom. The van der Waals surface area contributed by atoms with Crippen LogP contribution in [0.5, 0.6) is 0 Å². The molecule has 2 fully saturated rings. The number of nitrogens with zero attached hydrogens (tertiary/aromatic N) is 4. The van der Waals surface area contributed by atoms with Crippen LogP contribution in [0.25, 0.3) is 0 Å². The monoisotopic (exact) mass is 346 g/mol. The first kappa shape index (κ1) is 17.6. The van der Waals surface area contributed by atoms with Crippen molar-refractivity contribution in [1.82, 2.24) is 14.9 Å². The van der Waals surface area contributed by atoms with Gasteiger partial charge in [0, 0.05) is 37.4 Å². The molecule has 0 radical (unpaired) electrons. The minimum Gasteiger partial charge on any atom is -0.480 e. The fourth-order valence-corrected chi connectivity index (χ4v) is 3.97. The van der Waals surface area contributed by atoms with E-state index in [1.165, 1.54) is 0 Å². The molecule has 1 amide bonds. The SMILES string of the molecule is Cc1cc(C)nc(N2CCC3(CCC(=O)N(C(C)C(=O)O)C3)CC2)n1. The van der Waals surface area contributed by atoms with Crippen LogP contribution >= 0.6 is 0 Å². The standard InChI is InChI=1S/C18H26N4O3/c1-12-10-13(2)20-17(19-12)21-8-6-18(7-9-21)5-4-15(23)22(11-18)14(3)16(24)25/h10,14H,4-9,11H2,1-3H3,(H,24,25). The van der Waals surface area contributed by atoms with Crippen LogP contribution in [0.15, 0.2) is 6.07 Å². The van der Waals surface area contributed by atoms with Gasteiger partial charge < -0.3 is 14.9 Å². The summed E-state index contributed by atoms with van der Waals surface area (Å²) in [6.45, 7) is 7.76. The van der Waals surface area contributed by atoms with Gasteiger partial charge in [0.25, 0.3) is 0 Å². The van der Waals surface area contributed by atoms with Gasteiger partial charge in [-0.05, 0) is 51.5 Å². The van der Waals surface area contributed by atoms with Gasteiger partial charge in [-0.25, -0.2) is 14.8 Å². The molecule has 1 spiro atoms. The van der Waals surface area contributed by atoms with E-state index in [0.717, 1.165) is 49.7 Å². The minimum absolute atomic E-state index is 0.0208. The van der Waals surface area contributed by atoms with Crippen LogP contribution in [-0.4, -0.2) is 57.5 Å². The third-order valence-corrected chi connectivity index (χ3v) is 5.60. The number of anilines is 1. The van der Waals surface area contributed by atoms with Crippen LogP contribution in [-0.2, 0) is 9.59 Å². The number of aryl methyl sites for hydroxylation is 2. The number of carbonyl (C=O) groups is 2. The fraction of sp³-hybridized carbons (Fsp3) is 0.667. The summed E-state index contributed by atoms with van der Waals surface area (Å²) in [7, 11) is 0. The lowest BCUT2D eigenvalue weighted by Crippen LogP contribution is -2.55. The molecule has 2 aliphatic heterocycles. The van der Waals surface area contributed by atoms with Gasteiger partial charge in [-0.2, -0.15) is 0 Å². The van der Waals surface area contributed by atoms with Crippen LogP contribution in [0, 0.1) is 19.3 Å². The van der Waals surface area contributed by atoms with Gasteiger partial charge in [0.15, 0.2) is 0 Å². The Balaban J connectivity index is 1.70. The first-order valence-electron chi connectivity index (χ1n) is 8.89. The Morgan fingerprint density at radius 3 is 2.36 bits per heavy atom. The Morgan fingerprint density at radius 1 is 1.20 bits per heavy atom. The van der Waals surface area contributed by atoms with Crippen molar-refractivity contribution in [2.75, 3.05) is 24.5 Å². The maximum Gasteiger partial charge on any atom is 0.326 e. The fourth-order valence-electron chi connectivity index (χ4n) is 3.97. The lowest BCUT2D eigenvalue weighted by molar-refractivity contribution is -0.154. The maximum atomic E-state index is 12.2. The van der Waals surface area contributed by atoms with Crippen molar-refractivity contribution < 1.29 is 14.7 Å². The Bertz CT molecular complexity index is 663. The van der Waals surface area contributed by atoms with Gasteiger partial charge >= 0.3 is 5.97 Å². The first-order valence-corrected chi connectivity index (χ1v) is 8.89. The number of amides is 1. The number of rotatable bonds is 3. The van der Waals surface area contributed by atoms with Crippen LogP contribution in [0.3, 0.4) is 0 Å². The van der Waals surface area contributed by atoms with E-state index in [1.54, 1.807) is 11.8 Å². The number of carbonyl (C=O) groups excluding carboxylic acids is 1. The second-order valence-electron chi connectivity index (χ2n) is 7.47. The topological polar surface area (TPSA) is 86.6 Å². The zero-order valence-electron chi connectivity index (χ0n) is 15.2. The largest absolute Gasteiger partial charge is 0.480 e. The summed E-state index contributed by atoms with van der Waals surface area (Å²) in [5.74, 6) is -0.206. The smallest absolute Gasteiger partial charge is 0.326 e. The minimum atomic E-state index is -0.938. The van der Waals surface area contributed by atoms with E-state index in [-0.39, 0.29) is 11.3 Å². The van der Waals surface area contributed by atoms with E-state index in [4.69, 9.17) is 0 Å². The van der Waals surface area contributed by atoms with Gasteiger partial charge in [-0.3, -0.25) is 4.79 Å². The summed E-state index contributed by atoms with van der Waals surface area (Å²) < 4.78 is 0. The third kappa shape index (κ3) is 3.60. The van der Waals surface area contributed by atoms with E-state index in [9.17, 15) is 14.7 Å². The number of aromatic nitrogens is 2. The zero-order chi connectivity index (χ0) is 18.2. The highest BCUT2D eigenvalue weighted by molar-refractivity contribution is 5.84. The number of aliphatic carboxylic acids is 1. The van der Waals surface area contributed by atoms with Gasteiger partial charge in [0.1, 0.15) is 6.04 Å². The molecular formula is C18H26N4O3. The van der Waals surface area contributed by atoms with Gasteiger partial charge in [-0.1, -0.05) is 0 Å². The predicted molar refractivity (Wildman–Crippen MR) is 93.4 cm³/mol. The quantitative estimate of drug-likeness (QED) is 0.898. The van der Waals surface area contributed by atoms with Gasteiger partial charge in [0.05, 0.1) is 0 Å². The highest BCUT2D eigenvalue weighted by atomic mass is 16.4. The maximum absolute atomic E-state index is 12.2. The summed E-state index contributed by atoms with van der Waals surface area (Å²) in [6.07, 6.45) is 3.15. The van der Waals surface area contributed by atoms with Crippen molar-refractivity contribution in [2.45, 2.75) is 52.5 Å². The lowest BCUT2D eigenvalue weighted by atomic mass is 9.72. The average Bonchev–Trinajstić information content (AvgIpc) is 2.56. The zero-order valence-corrected chi connectivity index (χ0v) is 15.2. The van der Waals surface area contributed by atoms with Crippen LogP contribution < -0.4 is 4.90 Å². The van der Waals surface area contributed by atoms with Gasteiger partial charge in [0.2, 0.25) is 11.9 Å². The second-order valence-corrected chi connectivity index (χ2v) is 7.47. The Hall–Kier alpha value is -2.18. The number of hydrogen-bond acceptors (Lipinski definition) is 5. The van der Waals surface area contributed by atoms with E-state index >= 15 is 0 Å². The molecule has 1 aromatic heterocycles. The summed E-state index contributed by atoms with van der Waals surface area (Å²) >= 11 is 0. The second kappa shape index (κ2) is 6.61. The van der Waals surface area contributed by atoms with Crippen molar-refractivity contribution in [2.24, 2.45) is 5.41 Å². The molecular weight excluding hydrogens is 320 g/mol. The number of likely N-dealkylation sites (tertiary alicyclic amines) is 1. The third-order valence-electron chi connectivity index (χ3n) is 5.60. The molecule has 1 unspecified atom stereocenters. The Kier molecular flexibility index (Phi) is 4.67. The Labute approximate surface area is 148 Å². The molecule has 0 aromatic carbocycles. The van der Waals surface area contributed by atoms with Crippen LogP contribution in [0.1, 0.15) is 44.0 Å². The molecule has 3 heterocycles. The molecule has 0 saturated carbocycles. The molecule has 1 N–H and O–H groups in total. The molecule has 7 heteroatoms. The molecule has 2 aliphatic rings.